The zero-order valence-electron chi connectivity index (χ0n) is 22.2. The fourth-order valence-corrected chi connectivity index (χ4v) is 4.84. The van der Waals surface area contributed by atoms with Crippen LogP contribution >= 0.6 is 0 Å². The molecule has 7 nitrogen and oxygen atoms in total. The molecule has 2 atom stereocenters. The molecule has 1 aromatic carbocycles. The number of nitrogens with one attached hydrogen (secondary N) is 2. The zero-order chi connectivity index (χ0) is 25.8. The molecule has 0 spiro atoms. The van der Waals surface area contributed by atoms with Crippen molar-refractivity contribution in [2.24, 2.45) is 11.8 Å². The Bertz CT molecular complexity index is 827. The second kappa shape index (κ2) is 15.1. The van der Waals surface area contributed by atoms with E-state index in [2.05, 4.69) is 24.6 Å². The van der Waals surface area contributed by atoms with Crippen molar-refractivity contribution in [1.82, 2.24) is 10.8 Å². The summed E-state index contributed by atoms with van der Waals surface area (Å²) in [5.74, 6) is 0.310. The van der Waals surface area contributed by atoms with Gasteiger partial charge in [0, 0.05) is 12.6 Å². The van der Waals surface area contributed by atoms with Gasteiger partial charge < -0.3 is 14.8 Å². The highest BCUT2D eigenvalue weighted by molar-refractivity contribution is 5.90. The number of amides is 1. The number of ether oxygens (including phenoxy) is 2. The molecule has 2 aliphatic rings. The van der Waals surface area contributed by atoms with Crippen molar-refractivity contribution in [2.75, 3.05) is 6.61 Å². The predicted molar refractivity (Wildman–Crippen MR) is 141 cm³/mol. The van der Waals surface area contributed by atoms with Gasteiger partial charge in [-0.05, 0) is 74.5 Å². The van der Waals surface area contributed by atoms with Crippen LogP contribution in [0.4, 0.5) is 0 Å². The molecule has 7 heteroatoms. The molecule has 0 aromatic heterocycles. The van der Waals surface area contributed by atoms with E-state index in [1.54, 1.807) is 13.0 Å². The molecule has 2 aliphatic carbocycles. The average molecular weight is 501 g/mol. The van der Waals surface area contributed by atoms with Crippen molar-refractivity contribution in [3.8, 4) is 0 Å². The molecule has 3 rings (SSSR count). The van der Waals surface area contributed by atoms with Crippen molar-refractivity contribution >= 4 is 18.0 Å². The molecule has 0 bridgehead atoms. The summed E-state index contributed by atoms with van der Waals surface area (Å²) in [6.45, 7) is 7.02. The molecule has 2 N–H and O–H groups in total. The lowest BCUT2D eigenvalue weighted by atomic mass is 9.83. The monoisotopic (exact) mass is 500 g/mol. The smallest absolute Gasteiger partial charge is 0.323 e. The van der Waals surface area contributed by atoms with E-state index in [0.717, 1.165) is 49.7 Å². The van der Waals surface area contributed by atoms with Crippen LogP contribution in [-0.4, -0.2) is 36.9 Å². The SMILES string of the molecule is CC(C)COC(C)ONC(=O)/C=C/c1ccc(CN[C@H](C(=O)OC2CCCC2)C2CCCCC2)cc1. The standard InChI is InChI=1S/C29H44N2O5/c1-21(2)20-34-22(3)36-31-27(32)18-17-23-13-15-24(16-14-23)19-30-28(25-9-5-4-6-10-25)29(33)35-26-11-7-8-12-26/h13-18,21-22,25-26,28,30H,4-12,19-20H2,1-3H3,(H,31,32)/b18-17+/t22?,28-/m0/s1. The maximum atomic E-state index is 13.0. The Hall–Kier alpha value is -2.22. The van der Waals surface area contributed by atoms with E-state index >= 15 is 0 Å². The normalized spacial score (nSPS) is 19.0. The molecule has 2 fully saturated rings. The van der Waals surface area contributed by atoms with Crippen LogP contribution in [0.5, 0.6) is 0 Å². The van der Waals surface area contributed by atoms with Gasteiger partial charge in [-0.1, -0.05) is 57.4 Å². The first-order chi connectivity index (χ1) is 17.4. The molecule has 1 amide bonds. The first-order valence-electron chi connectivity index (χ1n) is 13.7. The highest BCUT2D eigenvalue weighted by atomic mass is 16.8. The second-order valence-electron chi connectivity index (χ2n) is 10.6. The van der Waals surface area contributed by atoms with E-state index in [1.165, 1.54) is 25.3 Å². The third kappa shape index (κ3) is 10.0. The fraction of sp³-hybridized carbons (Fsp3) is 0.655. The number of carbonyl (C=O) groups is 2. The molecule has 36 heavy (non-hydrogen) atoms. The van der Waals surface area contributed by atoms with Gasteiger partial charge in [-0.2, -0.15) is 0 Å². The second-order valence-corrected chi connectivity index (χ2v) is 10.6. The van der Waals surface area contributed by atoms with E-state index in [0.29, 0.717) is 25.0 Å². The Balaban J connectivity index is 1.47. The van der Waals surface area contributed by atoms with Gasteiger partial charge in [0.2, 0.25) is 0 Å². The van der Waals surface area contributed by atoms with Gasteiger partial charge in [0.25, 0.3) is 5.91 Å². The van der Waals surface area contributed by atoms with Crippen LogP contribution in [0.25, 0.3) is 6.08 Å². The van der Waals surface area contributed by atoms with Crippen molar-refractivity contribution < 1.29 is 23.9 Å². The van der Waals surface area contributed by atoms with Crippen molar-refractivity contribution in [3.05, 3.63) is 41.5 Å². The van der Waals surface area contributed by atoms with Crippen molar-refractivity contribution in [3.63, 3.8) is 0 Å². The average Bonchev–Trinajstić information content (AvgIpc) is 3.39. The van der Waals surface area contributed by atoms with Crippen LogP contribution in [0.15, 0.2) is 30.3 Å². The first kappa shape index (κ1) is 28.4. The van der Waals surface area contributed by atoms with Gasteiger partial charge in [0.05, 0.1) is 6.61 Å². The summed E-state index contributed by atoms with van der Waals surface area (Å²) in [7, 11) is 0. The van der Waals surface area contributed by atoms with Gasteiger partial charge in [-0.25, -0.2) is 10.3 Å². The van der Waals surface area contributed by atoms with Crippen LogP contribution in [0, 0.1) is 11.8 Å². The summed E-state index contributed by atoms with van der Waals surface area (Å²) in [6, 6.07) is 7.71. The van der Waals surface area contributed by atoms with Crippen molar-refractivity contribution in [1.29, 1.82) is 0 Å². The number of hydroxylamine groups is 1. The quantitative estimate of drug-likeness (QED) is 0.166. The van der Waals surface area contributed by atoms with Crippen LogP contribution in [0.3, 0.4) is 0 Å². The molecule has 200 valence electrons. The maximum Gasteiger partial charge on any atom is 0.323 e. The Morgan fingerprint density at radius 1 is 0.972 bits per heavy atom. The lowest BCUT2D eigenvalue weighted by molar-refractivity contribution is -0.180. The molecule has 1 aromatic rings. The Labute approximate surface area is 216 Å². The first-order valence-corrected chi connectivity index (χ1v) is 13.7. The third-order valence-electron chi connectivity index (χ3n) is 6.88. The van der Waals surface area contributed by atoms with Crippen LogP contribution in [0.2, 0.25) is 0 Å². The molecule has 2 saturated carbocycles. The lowest BCUT2D eigenvalue weighted by Crippen LogP contribution is -2.45. The minimum atomic E-state index is -0.510. The fourth-order valence-electron chi connectivity index (χ4n) is 4.84. The predicted octanol–water partition coefficient (Wildman–Crippen LogP) is 5.29. The van der Waals surface area contributed by atoms with Gasteiger partial charge in [0.1, 0.15) is 12.1 Å². The van der Waals surface area contributed by atoms with E-state index in [1.807, 2.05) is 24.3 Å². The maximum absolute atomic E-state index is 13.0. The molecule has 0 saturated heterocycles. The summed E-state index contributed by atoms with van der Waals surface area (Å²) >= 11 is 0. The van der Waals surface area contributed by atoms with E-state index in [9.17, 15) is 9.59 Å². The molecule has 0 aliphatic heterocycles. The zero-order valence-corrected chi connectivity index (χ0v) is 22.2. The summed E-state index contributed by atoms with van der Waals surface area (Å²) < 4.78 is 11.3. The highest BCUT2D eigenvalue weighted by Crippen LogP contribution is 2.29. The van der Waals surface area contributed by atoms with Crippen LogP contribution in [0.1, 0.15) is 89.7 Å². The number of rotatable bonds is 13. The van der Waals surface area contributed by atoms with Crippen LogP contribution in [-0.2, 0) is 30.4 Å². The number of hydrogen-bond acceptors (Lipinski definition) is 6. The van der Waals surface area contributed by atoms with Gasteiger partial charge >= 0.3 is 5.97 Å². The van der Waals surface area contributed by atoms with Crippen LogP contribution < -0.4 is 10.8 Å². The van der Waals surface area contributed by atoms with Gasteiger partial charge in [-0.15, -0.1) is 0 Å². The summed E-state index contributed by atoms with van der Waals surface area (Å²) in [6.07, 6.45) is 12.8. The highest BCUT2D eigenvalue weighted by Gasteiger charge is 2.32. The topological polar surface area (TPSA) is 85.9 Å². The van der Waals surface area contributed by atoms with Crippen molar-refractivity contribution in [2.45, 2.75) is 104 Å². The van der Waals surface area contributed by atoms with E-state index < -0.39 is 6.29 Å². The third-order valence-corrected chi connectivity index (χ3v) is 6.88. The molecule has 0 radical (unpaired) electrons. The number of carbonyl (C=O) groups excluding carboxylic acids is 2. The minimum absolute atomic E-state index is 0.0782. The number of benzene rings is 1. The lowest BCUT2D eigenvalue weighted by Gasteiger charge is -2.30. The Morgan fingerprint density at radius 2 is 1.64 bits per heavy atom. The summed E-state index contributed by atoms with van der Waals surface area (Å²) in [4.78, 5) is 30.3. The van der Waals surface area contributed by atoms with E-state index in [-0.39, 0.29) is 24.0 Å². The molecule has 1 unspecified atom stereocenters. The van der Waals surface area contributed by atoms with E-state index in [4.69, 9.17) is 14.3 Å². The van der Waals surface area contributed by atoms with Gasteiger partial charge in [0.15, 0.2) is 6.29 Å². The summed E-state index contributed by atoms with van der Waals surface area (Å²) in [5.41, 5.74) is 4.38. The Kier molecular flexibility index (Phi) is 11.9. The molecular formula is C29H44N2O5. The number of esters is 1. The van der Waals surface area contributed by atoms with Gasteiger partial charge in [-0.3, -0.25) is 9.59 Å². The number of hydrogen-bond donors (Lipinski definition) is 2. The minimum Gasteiger partial charge on any atom is -0.461 e. The summed E-state index contributed by atoms with van der Waals surface area (Å²) in [5, 5.41) is 3.51. The Morgan fingerprint density at radius 3 is 2.31 bits per heavy atom. The molecule has 0 heterocycles. The molecular weight excluding hydrogens is 456 g/mol. The largest absolute Gasteiger partial charge is 0.461 e.